The van der Waals surface area contributed by atoms with Crippen molar-refractivity contribution >= 4 is 11.6 Å². The Labute approximate surface area is 80.8 Å². The second kappa shape index (κ2) is 3.51. The van der Waals surface area contributed by atoms with Crippen molar-refractivity contribution in [1.29, 1.82) is 0 Å². The van der Waals surface area contributed by atoms with E-state index in [0.717, 1.165) is 0 Å². The van der Waals surface area contributed by atoms with Crippen molar-refractivity contribution in [1.82, 2.24) is 0 Å². The summed E-state index contributed by atoms with van der Waals surface area (Å²) in [5.74, 6) is -4.11. The molecule has 1 nitrogen and oxygen atoms in total. The lowest BCUT2D eigenvalue weighted by atomic mass is 10.1. The molecule has 1 rings (SSSR count). The van der Waals surface area contributed by atoms with E-state index in [1.807, 2.05) is 0 Å². The average Bonchev–Trinajstić information content (AvgIpc) is 1.95. The zero-order valence-corrected chi connectivity index (χ0v) is 7.29. The van der Waals surface area contributed by atoms with Gasteiger partial charge in [0.05, 0.1) is 5.03 Å². The van der Waals surface area contributed by atoms with Gasteiger partial charge in [-0.15, -0.1) is 13.2 Å². The summed E-state index contributed by atoms with van der Waals surface area (Å²) in [4.78, 5) is 0. The normalized spacial score (nSPS) is 28.4. The van der Waals surface area contributed by atoms with Crippen molar-refractivity contribution in [2.24, 2.45) is 0 Å². The number of halogens is 6. The maximum Gasteiger partial charge on any atom is 0.525 e. The summed E-state index contributed by atoms with van der Waals surface area (Å²) >= 11 is 5.11. The van der Waals surface area contributed by atoms with Gasteiger partial charge in [-0.3, -0.25) is 0 Å². The van der Waals surface area contributed by atoms with Crippen molar-refractivity contribution in [2.75, 3.05) is 0 Å². The van der Waals surface area contributed by atoms with Crippen LogP contribution in [0.3, 0.4) is 0 Å². The number of alkyl halides is 4. The van der Waals surface area contributed by atoms with E-state index >= 15 is 0 Å². The predicted molar refractivity (Wildman–Crippen MR) is 38.7 cm³/mol. The second-order valence-corrected chi connectivity index (χ2v) is 2.97. The maximum absolute atomic E-state index is 13.3. The van der Waals surface area contributed by atoms with Crippen LogP contribution in [-0.2, 0) is 4.74 Å². The first-order valence-corrected chi connectivity index (χ1v) is 3.80. The molecule has 0 saturated heterocycles. The fourth-order valence-electron chi connectivity index (χ4n) is 0.888. The number of allylic oxidation sites excluding steroid dienone is 2. The molecule has 14 heavy (non-hydrogen) atoms. The zero-order valence-electron chi connectivity index (χ0n) is 6.54. The summed E-state index contributed by atoms with van der Waals surface area (Å²) in [6.45, 7) is 0. The summed E-state index contributed by atoms with van der Waals surface area (Å²) in [5, 5.41) is -0.963. The fraction of sp³-hybridized carbons (Fsp3) is 0.429. The van der Waals surface area contributed by atoms with E-state index in [1.165, 1.54) is 0 Å². The lowest BCUT2D eigenvalue weighted by Crippen LogP contribution is -2.35. The lowest BCUT2D eigenvalue weighted by Gasteiger charge is -2.26. The standard InChI is InChI=1S/C7H4ClF5O/c8-5-3-4(9)1-2-6(5,10)14-7(11,12)13/h1,3H,2H2. The fourth-order valence-corrected chi connectivity index (χ4v) is 1.11. The van der Waals surface area contributed by atoms with Crippen LogP contribution in [0.2, 0.25) is 0 Å². The van der Waals surface area contributed by atoms with Gasteiger partial charge in [-0.2, -0.15) is 0 Å². The summed E-state index contributed by atoms with van der Waals surface area (Å²) in [6.07, 6.45) is -5.01. The third-order valence-electron chi connectivity index (χ3n) is 1.46. The Kier molecular flexibility index (Phi) is 2.87. The van der Waals surface area contributed by atoms with Crippen LogP contribution in [0, 0.1) is 0 Å². The molecule has 1 atom stereocenters. The van der Waals surface area contributed by atoms with Crippen LogP contribution >= 0.6 is 11.6 Å². The molecule has 1 aliphatic carbocycles. The molecule has 0 aromatic rings. The minimum absolute atomic E-state index is 0.441. The minimum atomic E-state index is -5.16. The van der Waals surface area contributed by atoms with Crippen LogP contribution in [0.15, 0.2) is 23.0 Å². The summed E-state index contributed by atoms with van der Waals surface area (Å²) in [5.41, 5.74) is 0. The first kappa shape index (κ1) is 11.5. The maximum atomic E-state index is 13.3. The molecule has 0 bridgehead atoms. The summed E-state index contributed by atoms with van der Waals surface area (Å²) in [7, 11) is 0. The van der Waals surface area contributed by atoms with E-state index in [0.29, 0.717) is 12.2 Å². The van der Waals surface area contributed by atoms with Gasteiger partial charge >= 0.3 is 6.36 Å². The first-order chi connectivity index (χ1) is 6.23. The Morgan fingerprint density at radius 1 is 1.43 bits per heavy atom. The highest BCUT2D eigenvalue weighted by molar-refractivity contribution is 6.30. The van der Waals surface area contributed by atoms with Crippen molar-refractivity contribution < 1.29 is 26.7 Å². The Bertz CT molecular complexity index is 295. The average molecular weight is 235 g/mol. The van der Waals surface area contributed by atoms with Gasteiger partial charge in [0.15, 0.2) is 0 Å². The first-order valence-electron chi connectivity index (χ1n) is 3.42. The van der Waals surface area contributed by atoms with Gasteiger partial charge in [0.1, 0.15) is 5.83 Å². The lowest BCUT2D eigenvalue weighted by molar-refractivity contribution is -0.381. The molecular weight excluding hydrogens is 231 g/mol. The quantitative estimate of drug-likeness (QED) is 0.630. The molecule has 0 aromatic heterocycles. The predicted octanol–water partition coefficient (Wildman–Crippen LogP) is 3.57. The van der Waals surface area contributed by atoms with Crippen LogP contribution < -0.4 is 0 Å². The second-order valence-electron chi connectivity index (χ2n) is 2.56. The molecule has 0 amide bonds. The van der Waals surface area contributed by atoms with E-state index in [-0.39, 0.29) is 0 Å². The molecule has 0 spiro atoms. The molecule has 0 heterocycles. The highest BCUT2D eigenvalue weighted by Crippen LogP contribution is 2.40. The summed E-state index contributed by atoms with van der Waals surface area (Å²) < 4.78 is 63.9. The molecule has 0 aromatic carbocycles. The van der Waals surface area contributed by atoms with E-state index < -0.39 is 29.5 Å². The molecule has 0 fully saturated rings. The number of rotatable bonds is 1. The Hall–Kier alpha value is -0.620. The van der Waals surface area contributed by atoms with Crippen LogP contribution in [0.1, 0.15) is 6.42 Å². The third-order valence-corrected chi connectivity index (χ3v) is 1.85. The van der Waals surface area contributed by atoms with Gasteiger partial charge in [-0.25, -0.2) is 13.5 Å². The van der Waals surface area contributed by atoms with Crippen molar-refractivity contribution in [2.45, 2.75) is 18.6 Å². The van der Waals surface area contributed by atoms with Crippen molar-refractivity contribution in [3.8, 4) is 0 Å². The molecule has 0 aliphatic heterocycles. The smallest absolute Gasteiger partial charge is 0.249 e. The number of hydrogen-bond acceptors (Lipinski definition) is 1. The topological polar surface area (TPSA) is 9.23 Å². The molecule has 80 valence electrons. The van der Waals surface area contributed by atoms with Crippen molar-refractivity contribution in [3.05, 3.63) is 23.0 Å². The van der Waals surface area contributed by atoms with Gasteiger partial charge in [0.2, 0.25) is 0 Å². The van der Waals surface area contributed by atoms with E-state index in [4.69, 9.17) is 11.6 Å². The van der Waals surface area contributed by atoms with Gasteiger partial charge in [-0.05, 0) is 12.2 Å². The van der Waals surface area contributed by atoms with E-state index in [1.54, 1.807) is 0 Å². The van der Waals surface area contributed by atoms with Gasteiger partial charge in [0, 0.05) is 6.42 Å². The van der Waals surface area contributed by atoms with E-state index in [9.17, 15) is 22.0 Å². The van der Waals surface area contributed by atoms with E-state index in [2.05, 4.69) is 4.74 Å². The SMILES string of the molecule is FC1=CCC(F)(OC(F)(F)F)C(Cl)=C1. The Morgan fingerprint density at radius 3 is 2.43 bits per heavy atom. The zero-order chi connectivity index (χ0) is 11.0. The molecular formula is C7H4ClF5O. The minimum Gasteiger partial charge on any atom is -0.249 e. The highest BCUT2D eigenvalue weighted by atomic mass is 35.5. The third kappa shape index (κ3) is 2.68. The van der Waals surface area contributed by atoms with Crippen LogP contribution in [0.5, 0.6) is 0 Å². The molecule has 7 heteroatoms. The molecule has 0 N–H and O–H groups in total. The van der Waals surface area contributed by atoms with Crippen LogP contribution in [0.25, 0.3) is 0 Å². The Balaban J connectivity index is 2.84. The molecule has 0 saturated carbocycles. The van der Waals surface area contributed by atoms with Crippen molar-refractivity contribution in [3.63, 3.8) is 0 Å². The van der Waals surface area contributed by atoms with Crippen LogP contribution in [0.4, 0.5) is 22.0 Å². The van der Waals surface area contributed by atoms with Gasteiger partial charge in [0.25, 0.3) is 5.85 Å². The molecule has 1 unspecified atom stereocenters. The summed E-state index contributed by atoms with van der Waals surface area (Å²) in [6, 6.07) is 0. The molecule has 1 aliphatic rings. The highest BCUT2D eigenvalue weighted by Gasteiger charge is 2.47. The number of hydrogen-bond donors (Lipinski definition) is 0. The number of ether oxygens (including phenoxy) is 1. The monoisotopic (exact) mass is 234 g/mol. The largest absolute Gasteiger partial charge is 0.525 e. The Morgan fingerprint density at radius 2 is 2.00 bits per heavy atom. The van der Waals surface area contributed by atoms with Gasteiger partial charge < -0.3 is 0 Å². The van der Waals surface area contributed by atoms with Gasteiger partial charge in [-0.1, -0.05) is 11.6 Å². The van der Waals surface area contributed by atoms with Crippen LogP contribution in [-0.4, -0.2) is 12.2 Å². The molecule has 0 radical (unpaired) electrons.